The van der Waals surface area contributed by atoms with Crippen molar-refractivity contribution in [2.75, 3.05) is 20.2 Å². The number of ether oxygens (including phenoxy) is 1. The van der Waals surface area contributed by atoms with Crippen molar-refractivity contribution >= 4 is 29.9 Å². The second-order valence-electron chi connectivity index (χ2n) is 4.10. The topological polar surface area (TPSA) is 59.6 Å². The predicted molar refractivity (Wildman–Crippen MR) is 86.2 cm³/mol. The third-order valence-electron chi connectivity index (χ3n) is 2.39. The van der Waals surface area contributed by atoms with Gasteiger partial charge in [0.25, 0.3) is 0 Å². The first-order valence-corrected chi connectivity index (χ1v) is 5.80. The molecule has 1 rings (SSSR count). The summed E-state index contributed by atoms with van der Waals surface area (Å²) in [7, 11) is 1.67. The predicted octanol–water partition coefficient (Wildman–Crippen LogP) is 1.99. The van der Waals surface area contributed by atoms with Gasteiger partial charge in [0.05, 0.1) is 13.2 Å². The van der Waals surface area contributed by atoms with Crippen LogP contribution in [0.5, 0.6) is 0 Å². The summed E-state index contributed by atoms with van der Waals surface area (Å²) in [5.74, 6) is 0.874. The Morgan fingerprint density at radius 2 is 2.06 bits per heavy atom. The monoisotopic (exact) mass is 363 g/mol. The molecule has 3 N–H and O–H groups in total. The fraction of sp³-hybridized carbons (Fsp3) is 0.462. The minimum absolute atomic E-state index is 0. The number of benzene rings is 1. The molecule has 1 unspecified atom stereocenters. The molecule has 5 heteroatoms. The zero-order chi connectivity index (χ0) is 12.5. The maximum absolute atomic E-state index is 5.63. The lowest BCUT2D eigenvalue weighted by Gasteiger charge is -2.13. The molecule has 1 aromatic carbocycles. The van der Waals surface area contributed by atoms with Gasteiger partial charge < -0.3 is 15.8 Å². The fourth-order valence-electron chi connectivity index (χ4n) is 1.37. The van der Waals surface area contributed by atoms with Gasteiger partial charge in [0.2, 0.25) is 0 Å². The molecule has 0 aromatic heterocycles. The van der Waals surface area contributed by atoms with Crippen LogP contribution >= 0.6 is 24.0 Å². The summed E-state index contributed by atoms with van der Waals surface area (Å²) in [6, 6.07) is 10.2. The Balaban J connectivity index is 0.00000289. The van der Waals surface area contributed by atoms with Gasteiger partial charge in [-0.05, 0) is 11.5 Å². The van der Waals surface area contributed by atoms with Crippen LogP contribution in [0.2, 0.25) is 0 Å². The highest BCUT2D eigenvalue weighted by Crippen LogP contribution is 2.02. The van der Waals surface area contributed by atoms with Gasteiger partial charge >= 0.3 is 0 Å². The van der Waals surface area contributed by atoms with Crippen molar-refractivity contribution in [2.45, 2.75) is 13.5 Å². The molecule has 0 aliphatic carbocycles. The largest absolute Gasteiger partial charge is 0.376 e. The molecule has 1 aromatic rings. The number of nitrogens with two attached hydrogens (primary N) is 1. The Hall–Kier alpha value is -0.820. The third kappa shape index (κ3) is 7.50. The van der Waals surface area contributed by atoms with Crippen molar-refractivity contribution in [2.24, 2.45) is 16.6 Å². The standard InChI is InChI=1S/C13H21N3O.HI/c1-11(8-16-13(14)15-2)9-17-10-12-6-4-3-5-7-12;/h3-7,11H,8-10H2,1-2H3,(H3,14,15,16);1H. The van der Waals surface area contributed by atoms with Crippen molar-refractivity contribution in [1.82, 2.24) is 5.32 Å². The fourth-order valence-corrected chi connectivity index (χ4v) is 1.37. The van der Waals surface area contributed by atoms with Crippen LogP contribution in [-0.2, 0) is 11.3 Å². The second kappa shape index (κ2) is 10.1. The molecule has 0 amide bonds. The van der Waals surface area contributed by atoms with Gasteiger partial charge in [-0.25, -0.2) is 0 Å². The van der Waals surface area contributed by atoms with Crippen LogP contribution in [-0.4, -0.2) is 26.2 Å². The zero-order valence-electron chi connectivity index (χ0n) is 10.9. The smallest absolute Gasteiger partial charge is 0.188 e. The number of hydrogen-bond donors (Lipinski definition) is 2. The van der Waals surface area contributed by atoms with E-state index in [4.69, 9.17) is 10.5 Å². The van der Waals surface area contributed by atoms with Gasteiger partial charge in [-0.1, -0.05) is 37.3 Å². The Bertz CT molecular complexity index is 343. The first kappa shape index (κ1) is 17.2. The molecule has 0 radical (unpaired) electrons. The van der Waals surface area contributed by atoms with Gasteiger partial charge in [0, 0.05) is 13.6 Å². The van der Waals surface area contributed by atoms with Crippen molar-refractivity contribution in [3.8, 4) is 0 Å². The highest BCUT2D eigenvalue weighted by atomic mass is 127. The van der Waals surface area contributed by atoms with Crippen LogP contribution in [0.25, 0.3) is 0 Å². The van der Waals surface area contributed by atoms with Gasteiger partial charge in [0.15, 0.2) is 5.96 Å². The van der Waals surface area contributed by atoms with Crippen molar-refractivity contribution < 1.29 is 4.74 Å². The van der Waals surface area contributed by atoms with E-state index in [2.05, 4.69) is 29.4 Å². The Morgan fingerprint density at radius 1 is 1.39 bits per heavy atom. The van der Waals surface area contributed by atoms with E-state index in [1.54, 1.807) is 7.05 Å². The lowest BCUT2D eigenvalue weighted by atomic mass is 10.2. The van der Waals surface area contributed by atoms with Crippen LogP contribution in [0.1, 0.15) is 12.5 Å². The van der Waals surface area contributed by atoms with Crippen molar-refractivity contribution in [3.05, 3.63) is 35.9 Å². The zero-order valence-corrected chi connectivity index (χ0v) is 13.3. The van der Waals surface area contributed by atoms with Gasteiger partial charge in [0.1, 0.15) is 0 Å². The lowest BCUT2D eigenvalue weighted by molar-refractivity contribution is 0.0931. The minimum atomic E-state index is 0. The second-order valence-corrected chi connectivity index (χ2v) is 4.10. The molecule has 0 aliphatic rings. The van der Waals surface area contributed by atoms with E-state index in [1.807, 2.05) is 18.2 Å². The molecule has 0 bridgehead atoms. The molecule has 0 aliphatic heterocycles. The Kier molecular flexibility index (Phi) is 9.67. The Labute approximate surface area is 126 Å². The van der Waals surface area contributed by atoms with E-state index in [0.29, 0.717) is 25.1 Å². The van der Waals surface area contributed by atoms with Crippen LogP contribution < -0.4 is 11.1 Å². The number of guanidine groups is 1. The Morgan fingerprint density at radius 3 is 2.67 bits per heavy atom. The van der Waals surface area contributed by atoms with Crippen LogP contribution in [0, 0.1) is 5.92 Å². The minimum Gasteiger partial charge on any atom is -0.376 e. The molecule has 0 fully saturated rings. The van der Waals surface area contributed by atoms with Crippen LogP contribution in [0.15, 0.2) is 35.3 Å². The highest BCUT2D eigenvalue weighted by molar-refractivity contribution is 14.0. The van der Waals surface area contributed by atoms with E-state index in [0.717, 1.165) is 6.54 Å². The van der Waals surface area contributed by atoms with Crippen molar-refractivity contribution in [1.29, 1.82) is 0 Å². The molecule has 1 atom stereocenters. The highest BCUT2D eigenvalue weighted by Gasteiger charge is 2.02. The lowest BCUT2D eigenvalue weighted by Crippen LogP contribution is -2.35. The number of hydrogen-bond acceptors (Lipinski definition) is 2. The van der Waals surface area contributed by atoms with Gasteiger partial charge in [-0.3, -0.25) is 4.99 Å². The molecular weight excluding hydrogens is 341 g/mol. The van der Waals surface area contributed by atoms with Crippen LogP contribution in [0.3, 0.4) is 0 Å². The number of halogens is 1. The van der Waals surface area contributed by atoms with E-state index in [9.17, 15) is 0 Å². The molecular formula is C13H22IN3O. The van der Waals surface area contributed by atoms with Gasteiger partial charge in [-0.2, -0.15) is 0 Å². The molecule has 0 saturated heterocycles. The third-order valence-corrected chi connectivity index (χ3v) is 2.39. The van der Waals surface area contributed by atoms with E-state index >= 15 is 0 Å². The van der Waals surface area contributed by atoms with Crippen molar-refractivity contribution in [3.63, 3.8) is 0 Å². The number of rotatable bonds is 6. The first-order chi connectivity index (χ1) is 8.22. The normalized spacial score (nSPS) is 12.7. The van der Waals surface area contributed by atoms with E-state index in [1.165, 1.54) is 5.56 Å². The molecule has 4 nitrogen and oxygen atoms in total. The first-order valence-electron chi connectivity index (χ1n) is 5.80. The number of nitrogens with zero attached hydrogens (tertiary/aromatic N) is 1. The summed E-state index contributed by atoms with van der Waals surface area (Å²) in [6.07, 6.45) is 0. The van der Waals surface area contributed by atoms with E-state index < -0.39 is 0 Å². The average molecular weight is 363 g/mol. The number of nitrogens with one attached hydrogen (secondary N) is 1. The number of aliphatic imine (C=N–C) groups is 1. The summed E-state index contributed by atoms with van der Waals surface area (Å²) in [5, 5.41) is 3.03. The summed E-state index contributed by atoms with van der Waals surface area (Å²) in [5.41, 5.74) is 6.74. The summed E-state index contributed by atoms with van der Waals surface area (Å²) in [4.78, 5) is 3.83. The molecule has 0 spiro atoms. The summed E-state index contributed by atoms with van der Waals surface area (Å²) < 4.78 is 5.63. The molecule has 102 valence electrons. The maximum Gasteiger partial charge on any atom is 0.188 e. The van der Waals surface area contributed by atoms with Crippen LogP contribution in [0.4, 0.5) is 0 Å². The molecule has 18 heavy (non-hydrogen) atoms. The summed E-state index contributed by atoms with van der Waals surface area (Å²) >= 11 is 0. The average Bonchev–Trinajstić information content (AvgIpc) is 2.37. The van der Waals surface area contributed by atoms with E-state index in [-0.39, 0.29) is 24.0 Å². The molecule has 0 saturated carbocycles. The quantitative estimate of drug-likeness (QED) is 0.462. The maximum atomic E-state index is 5.63. The SMILES string of the molecule is CN=C(N)NCC(C)COCc1ccccc1.I. The molecule has 0 heterocycles. The van der Waals surface area contributed by atoms with Gasteiger partial charge in [-0.15, -0.1) is 24.0 Å². The summed E-state index contributed by atoms with van der Waals surface area (Å²) in [6.45, 7) is 4.25.